The van der Waals surface area contributed by atoms with Crippen LogP contribution in [0.3, 0.4) is 0 Å². The number of carbonyl (C=O) groups excluding carboxylic acids is 5. The number of amides is 3. The van der Waals surface area contributed by atoms with Crippen LogP contribution < -0.4 is 0 Å². The molecule has 3 atom stereocenters. The molecule has 1 aromatic carbocycles. The Morgan fingerprint density at radius 3 is 2.04 bits per heavy atom. The van der Waals surface area contributed by atoms with Gasteiger partial charge in [-0.15, -0.1) is 0 Å². The predicted octanol–water partition coefficient (Wildman–Crippen LogP) is 0.500. The summed E-state index contributed by atoms with van der Waals surface area (Å²) in [4.78, 5) is 63.7. The second-order valence-corrected chi connectivity index (χ2v) is 6.49. The number of hydrogen-bond donors (Lipinski definition) is 0. The molecular weight excluding hydrogens is 368 g/mol. The highest BCUT2D eigenvalue weighted by Crippen LogP contribution is 2.36. The van der Waals surface area contributed by atoms with Gasteiger partial charge in [-0.2, -0.15) is 0 Å². The van der Waals surface area contributed by atoms with Crippen LogP contribution in [0.25, 0.3) is 0 Å². The quantitative estimate of drug-likeness (QED) is 0.314. The lowest BCUT2D eigenvalue weighted by Gasteiger charge is -2.50. The Bertz CT molecular complexity index is 888. The topological polar surface area (TPSA) is 110 Å². The van der Waals surface area contributed by atoms with Gasteiger partial charge in [0.25, 0.3) is 17.7 Å². The molecule has 0 radical (unpaired) electrons. The van der Waals surface area contributed by atoms with E-state index in [4.69, 9.17) is 9.47 Å². The normalized spacial score (nSPS) is 21.8. The van der Waals surface area contributed by atoms with E-state index < -0.39 is 48.0 Å². The summed E-state index contributed by atoms with van der Waals surface area (Å²) in [7, 11) is 1.14. The molecule has 1 saturated heterocycles. The van der Waals surface area contributed by atoms with Gasteiger partial charge in [0, 0.05) is 6.92 Å². The van der Waals surface area contributed by atoms with Crippen molar-refractivity contribution in [1.82, 2.24) is 9.80 Å². The monoisotopic (exact) mass is 386 g/mol. The van der Waals surface area contributed by atoms with Crippen LogP contribution in [0.2, 0.25) is 0 Å². The molecule has 0 bridgehead atoms. The van der Waals surface area contributed by atoms with Gasteiger partial charge in [-0.1, -0.05) is 18.7 Å². The molecule has 9 nitrogen and oxygen atoms in total. The van der Waals surface area contributed by atoms with Crippen molar-refractivity contribution in [3.8, 4) is 0 Å². The molecule has 2 aliphatic rings. The summed E-state index contributed by atoms with van der Waals surface area (Å²) in [6.07, 6.45) is -1.33. The van der Waals surface area contributed by atoms with E-state index in [9.17, 15) is 24.0 Å². The molecule has 3 amide bonds. The largest absolute Gasteiger partial charge is 0.467 e. The Hall–Kier alpha value is -3.49. The molecular formula is C19H18N2O7. The van der Waals surface area contributed by atoms with Gasteiger partial charge in [-0.3, -0.25) is 29.0 Å². The van der Waals surface area contributed by atoms with Gasteiger partial charge in [0.1, 0.15) is 0 Å². The zero-order chi connectivity index (χ0) is 20.7. The van der Waals surface area contributed by atoms with E-state index in [-0.39, 0.29) is 16.7 Å². The molecule has 2 aliphatic heterocycles. The van der Waals surface area contributed by atoms with E-state index in [1.807, 2.05) is 0 Å². The highest BCUT2D eigenvalue weighted by atomic mass is 16.6. The Kier molecular flexibility index (Phi) is 4.76. The summed E-state index contributed by atoms with van der Waals surface area (Å²) in [5, 5.41) is 0. The molecule has 146 valence electrons. The first-order chi connectivity index (χ1) is 13.2. The first kappa shape index (κ1) is 19.3. The number of ether oxygens (including phenoxy) is 2. The van der Waals surface area contributed by atoms with Crippen LogP contribution in [0.15, 0.2) is 36.4 Å². The SMILES string of the molecule is C=C(C)C(C(=O)OC)N1C(=O)[C@@H](N2C(=O)c3ccccc3C2=O)[C@H]1OC(C)=O. The van der Waals surface area contributed by atoms with Crippen molar-refractivity contribution in [2.45, 2.75) is 32.2 Å². The molecule has 0 aliphatic carbocycles. The van der Waals surface area contributed by atoms with Gasteiger partial charge in [0.2, 0.25) is 6.23 Å². The van der Waals surface area contributed by atoms with Crippen LogP contribution in [0.4, 0.5) is 0 Å². The van der Waals surface area contributed by atoms with Crippen molar-refractivity contribution in [2.24, 2.45) is 0 Å². The third-order valence-corrected chi connectivity index (χ3v) is 4.61. The number of imide groups is 1. The number of esters is 2. The van der Waals surface area contributed by atoms with E-state index >= 15 is 0 Å². The molecule has 0 spiro atoms. The molecule has 0 N–H and O–H groups in total. The molecule has 0 saturated carbocycles. The summed E-state index contributed by atoms with van der Waals surface area (Å²) in [5.41, 5.74) is 0.590. The first-order valence-electron chi connectivity index (χ1n) is 8.40. The minimum absolute atomic E-state index is 0.157. The van der Waals surface area contributed by atoms with Crippen molar-refractivity contribution in [1.29, 1.82) is 0 Å². The lowest BCUT2D eigenvalue weighted by molar-refractivity contribution is -0.203. The van der Waals surface area contributed by atoms with Crippen molar-refractivity contribution in [2.75, 3.05) is 7.11 Å². The maximum atomic E-state index is 12.9. The van der Waals surface area contributed by atoms with Gasteiger partial charge >= 0.3 is 11.9 Å². The van der Waals surface area contributed by atoms with Crippen LogP contribution >= 0.6 is 0 Å². The molecule has 1 unspecified atom stereocenters. The Morgan fingerprint density at radius 2 is 1.61 bits per heavy atom. The van der Waals surface area contributed by atoms with Crippen LogP contribution in [0.1, 0.15) is 34.6 Å². The maximum Gasteiger partial charge on any atom is 0.333 e. The second kappa shape index (κ2) is 6.91. The fraction of sp³-hybridized carbons (Fsp3) is 0.316. The number of hydrogen-bond acceptors (Lipinski definition) is 7. The Balaban J connectivity index is 1.99. The molecule has 2 heterocycles. The first-order valence-corrected chi connectivity index (χ1v) is 8.40. The summed E-state index contributed by atoms with van der Waals surface area (Å²) in [6.45, 7) is 6.31. The zero-order valence-corrected chi connectivity index (χ0v) is 15.5. The third kappa shape index (κ3) is 2.75. The summed E-state index contributed by atoms with van der Waals surface area (Å²) in [6, 6.07) is 3.56. The van der Waals surface area contributed by atoms with Crippen molar-refractivity contribution in [3.05, 3.63) is 47.5 Å². The Labute approximate surface area is 160 Å². The van der Waals surface area contributed by atoms with E-state index in [0.717, 1.165) is 23.8 Å². The number of nitrogens with zero attached hydrogens (tertiary/aromatic N) is 2. The summed E-state index contributed by atoms with van der Waals surface area (Å²) < 4.78 is 9.89. The van der Waals surface area contributed by atoms with Crippen molar-refractivity contribution < 1.29 is 33.4 Å². The number of likely N-dealkylation sites (tertiary alicyclic amines) is 1. The lowest BCUT2D eigenvalue weighted by atomic mass is 9.96. The van der Waals surface area contributed by atoms with Crippen LogP contribution in [-0.2, 0) is 23.9 Å². The fourth-order valence-corrected chi connectivity index (χ4v) is 3.40. The number of β-lactam (4-membered cyclic amide) rings is 1. The van der Waals surface area contributed by atoms with Crippen molar-refractivity contribution in [3.63, 3.8) is 0 Å². The van der Waals surface area contributed by atoms with E-state index in [1.165, 1.54) is 19.1 Å². The molecule has 28 heavy (non-hydrogen) atoms. The van der Waals surface area contributed by atoms with Gasteiger partial charge < -0.3 is 9.47 Å². The third-order valence-electron chi connectivity index (χ3n) is 4.61. The molecule has 1 fully saturated rings. The molecule has 9 heteroatoms. The standard InChI is InChI=1S/C19H18N2O7/c1-9(2)13(19(26)27-4)21-17(25)14(18(21)28-10(3)22)20-15(23)11-7-5-6-8-12(11)16(20)24/h5-8,13-14,18H,1H2,2-4H3/t13?,14-,18-/m1/s1. The minimum atomic E-state index is -1.37. The smallest absolute Gasteiger partial charge is 0.333 e. The van der Waals surface area contributed by atoms with E-state index in [1.54, 1.807) is 12.1 Å². The van der Waals surface area contributed by atoms with Crippen LogP contribution in [0.5, 0.6) is 0 Å². The fourth-order valence-electron chi connectivity index (χ4n) is 3.40. The van der Waals surface area contributed by atoms with Crippen molar-refractivity contribution >= 4 is 29.7 Å². The number of rotatable bonds is 5. The maximum absolute atomic E-state index is 12.9. The second-order valence-electron chi connectivity index (χ2n) is 6.49. The molecule has 0 aromatic heterocycles. The van der Waals surface area contributed by atoms with Gasteiger partial charge in [0.15, 0.2) is 12.1 Å². The van der Waals surface area contributed by atoms with Gasteiger partial charge in [-0.05, 0) is 24.6 Å². The minimum Gasteiger partial charge on any atom is -0.467 e. The molecule has 1 aromatic rings. The van der Waals surface area contributed by atoms with E-state index in [2.05, 4.69) is 6.58 Å². The summed E-state index contributed by atoms with van der Waals surface area (Å²) >= 11 is 0. The van der Waals surface area contributed by atoms with Crippen LogP contribution in [-0.4, -0.2) is 64.9 Å². The Morgan fingerprint density at radius 1 is 1.07 bits per heavy atom. The lowest BCUT2D eigenvalue weighted by Crippen LogP contribution is -2.75. The highest BCUT2D eigenvalue weighted by molar-refractivity contribution is 6.23. The zero-order valence-electron chi connectivity index (χ0n) is 15.5. The number of carbonyl (C=O) groups is 5. The average Bonchev–Trinajstić information content (AvgIpc) is 2.90. The predicted molar refractivity (Wildman–Crippen MR) is 93.7 cm³/mol. The van der Waals surface area contributed by atoms with Crippen LogP contribution in [0, 0.1) is 0 Å². The number of methoxy groups -OCH3 is 1. The molecule has 3 rings (SSSR count). The number of benzene rings is 1. The van der Waals surface area contributed by atoms with E-state index in [0.29, 0.717) is 0 Å². The summed E-state index contributed by atoms with van der Waals surface area (Å²) in [5.74, 6) is -3.58. The number of fused-ring (bicyclic) bond motifs is 1. The average molecular weight is 386 g/mol. The van der Waals surface area contributed by atoms with Gasteiger partial charge in [0.05, 0.1) is 18.2 Å². The highest BCUT2D eigenvalue weighted by Gasteiger charge is 2.61. The van der Waals surface area contributed by atoms with Gasteiger partial charge in [-0.25, -0.2) is 4.79 Å².